The molecule has 2 heterocycles. The number of nitrogens with zero attached hydrogens (tertiary/aromatic N) is 4. The Labute approximate surface area is 153 Å². The van der Waals surface area contributed by atoms with E-state index >= 15 is 0 Å². The number of aryl methyl sites for hydroxylation is 2. The van der Waals surface area contributed by atoms with E-state index in [4.69, 9.17) is 0 Å². The van der Waals surface area contributed by atoms with E-state index in [1.54, 1.807) is 12.4 Å². The fraction of sp³-hybridized carbons (Fsp3) is 0.273. The SMILES string of the molecule is Cc1c(-c2c3nccnc3nc[n+]2C)cc(C(C)(C)C)c2ccccc12. The van der Waals surface area contributed by atoms with Gasteiger partial charge >= 0.3 is 0 Å². The van der Waals surface area contributed by atoms with Crippen molar-refractivity contribution in [1.82, 2.24) is 15.0 Å². The maximum atomic E-state index is 4.59. The van der Waals surface area contributed by atoms with Crippen LogP contribution in [0.3, 0.4) is 0 Å². The van der Waals surface area contributed by atoms with Crippen molar-refractivity contribution in [3.8, 4) is 11.3 Å². The Bertz CT molecular complexity index is 1140. The quantitative estimate of drug-likeness (QED) is 0.485. The first-order valence-electron chi connectivity index (χ1n) is 8.86. The van der Waals surface area contributed by atoms with Crippen LogP contribution >= 0.6 is 0 Å². The molecular weight excluding hydrogens is 320 g/mol. The van der Waals surface area contributed by atoms with Crippen molar-refractivity contribution < 1.29 is 4.57 Å². The predicted octanol–water partition coefficient (Wildman–Crippen LogP) is 4.28. The van der Waals surface area contributed by atoms with Gasteiger partial charge in [0.15, 0.2) is 11.2 Å². The molecule has 0 bridgehead atoms. The van der Waals surface area contributed by atoms with Gasteiger partial charge in [-0.15, -0.1) is 0 Å². The van der Waals surface area contributed by atoms with E-state index in [2.05, 4.69) is 73.0 Å². The highest BCUT2D eigenvalue weighted by Gasteiger charge is 2.24. The molecule has 0 amide bonds. The van der Waals surface area contributed by atoms with Crippen molar-refractivity contribution in [3.05, 3.63) is 60.2 Å². The number of rotatable bonds is 1. The molecule has 4 nitrogen and oxygen atoms in total. The summed E-state index contributed by atoms with van der Waals surface area (Å²) in [6.07, 6.45) is 5.24. The number of hydrogen-bond donors (Lipinski definition) is 0. The lowest BCUT2D eigenvalue weighted by atomic mass is 9.80. The summed E-state index contributed by atoms with van der Waals surface area (Å²) in [5, 5.41) is 2.59. The number of hydrogen-bond acceptors (Lipinski definition) is 3. The van der Waals surface area contributed by atoms with Crippen LogP contribution in [0.25, 0.3) is 33.2 Å². The van der Waals surface area contributed by atoms with Gasteiger partial charge in [-0.25, -0.2) is 14.5 Å². The molecule has 4 rings (SSSR count). The molecule has 0 spiro atoms. The van der Waals surface area contributed by atoms with Crippen LogP contribution in [0.2, 0.25) is 0 Å². The molecule has 0 aliphatic heterocycles. The summed E-state index contributed by atoms with van der Waals surface area (Å²) in [5.41, 5.74) is 6.36. The topological polar surface area (TPSA) is 42.6 Å². The highest BCUT2D eigenvalue weighted by Crippen LogP contribution is 2.37. The van der Waals surface area contributed by atoms with Crippen LogP contribution < -0.4 is 4.57 Å². The Morgan fingerprint density at radius 2 is 1.62 bits per heavy atom. The first-order valence-corrected chi connectivity index (χ1v) is 8.86. The van der Waals surface area contributed by atoms with Crippen molar-refractivity contribution >= 4 is 21.9 Å². The van der Waals surface area contributed by atoms with Crippen LogP contribution in [-0.2, 0) is 12.5 Å². The molecule has 4 heteroatoms. The molecule has 0 saturated carbocycles. The Balaban J connectivity index is 2.18. The van der Waals surface area contributed by atoms with Gasteiger partial charge in [0, 0.05) is 18.0 Å². The van der Waals surface area contributed by atoms with Gasteiger partial charge in [-0.3, -0.25) is 0 Å². The minimum atomic E-state index is 0.0368. The lowest BCUT2D eigenvalue weighted by Crippen LogP contribution is -2.32. The zero-order valence-corrected chi connectivity index (χ0v) is 15.9. The smallest absolute Gasteiger partial charge is 0.245 e. The Morgan fingerprint density at radius 3 is 2.35 bits per heavy atom. The van der Waals surface area contributed by atoms with Gasteiger partial charge in [0.1, 0.15) is 0 Å². The van der Waals surface area contributed by atoms with Gasteiger partial charge in [0.25, 0.3) is 12.0 Å². The molecule has 0 fully saturated rings. The zero-order valence-electron chi connectivity index (χ0n) is 15.9. The molecular formula is C22H23N4+. The van der Waals surface area contributed by atoms with E-state index in [9.17, 15) is 0 Å². The van der Waals surface area contributed by atoms with Crippen molar-refractivity contribution in [3.63, 3.8) is 0 Å². The normalized spacial score (nSPS) is 12.0. The van der Waals surface area contributed by atoms with Crippen LogP contribution in [-0.4, -0.2) is 15.0 Å². The van der Waals surface area contributed by atoms with Crippen molar-refractivity contribution in [2.45, 2.75) is 33.1 Å². The van der Waals surface area contributed by atoms with Crippen LogP contribution in [0.1, 0.15) is 31.9 Å². The average Bonchev–Trinajstić information content (AvgIpc) is 2.62. The van der Waals surface area contributed by atoms with Gasteiger partial charge in [-0.1, -0.05) is 45.0 Å². The summed E-state index contributed by atoms with van der Waals surface area (Å²) in [5.74, 6) is 0. The standard InChI is InChI=1S/C22H23N4/c1-14-15-8-6-7-9-16(15)18(22(2,3)4)12-17(14)20-19-21(24-11-10-23-19)25-13-26(20)5/h6-13H,1-5H3/q+1. The van der Waals surface area contributed by atoms with E-state index in [1.807, 2.05) is 17.9 Å². The Kier molecular flexibility index (Phi) is 3.72. The second-order valence-corrected chi connectivity index (χ2v) is 7.82. The van der Waals surface area contributed by atoms with Crippen LogP contribution in [0.4, 0.5) is 0 Å². The number of fused-ring (bicyclic) bond motifs is 2. The molecule has 0 atom stereocenters. The molecule has 0 unspecified atom stereocenters. The van der Waals surface area contributed by atoms with Crippen LogP contribution in [0.5, 0.6) is 0 Å². The third-order valence-corrected chi connectivity index (χ3v) is 4.99. The van der Waals surface area contributed by atoms with Crippen molar-refractivity contribution in [2.24, 2.45) is 7.05 Å². The fourth-order valence-corrected chi connectivity index (χ4v) is 3.66. The minimum absolute atomic E-state index is 0.0368. The zero-order chi connectivity index (χ0) is 18.5. The summed E-state index contributed by atoms with van der Waals surface area (Å²) in [6.45, 7) is 8.97. The fourth-order valence-electron chi connectivity index (χ4n) is 3.66. The van der Waals surface area contributed by atoms with E-state index in [0.29, 0.717) is 5.65 Å². The predicted molar refractivity (Wildman–Crippen MR) is 105 cm³/mol. The first-order chi connectivity index (χ1) is 12.4. The van der Waals surface area contributed by atoms with E-state index < -0.39 is 0 Å². The molecule has 0 saturated heterocycles. The minimum Gasteiger partial charge on any atom is -0.245 e. The number of aromatic nitrogens is 4. The van der Waals surface area contributed by atoms with E-state index in [1.165, 1.54) is 27.5 Å². The highest BCUT2D eigenvalue weighted by molar-refractivity contribution is 5.97. The maximum Gasteiger partial charge on any atom is 0.296 e. The maximum absolute atomic E-state index is 4.59. The molecule has 26 heavy (non-hydrogen) atoms. The van der Waals surface area contributed by atoms with Gasteiger partial charge < -0.3 is 0 Å². The average molecular weight is 343 g/mol. The first kappa shape index (κ1) is 16.6. The monoisotopic (exact) mass is 343 g/mol. The van der Waals surface area contributed by atoms with Crippen LogP contribution in [0.15, 0.2) is 49.1 Å². The summed E-state index contributed by atoms with van der Waals surface area (Å²) >= 11 is 0. The summed E-state index contributed by atoms with van der Waals surface area (Å²) in [4.78, 5) is 13.4. The van der Waals surface area contributed by atoms with Gasteiger partial charge in [0.05, 0.1) is 7.05 Å². The molecule has 2 aromatic heterocycles. The molecule has 130 valence electrons. The molecule has 4 aromatic rings. The van der Waals surface area contributed by atoms with E-state index in [0.717, 1.165) is 11.2 Å². The van der Waals surface area contributed by atoms with Gasteiger partial charge in [-0.05, 0) is 45.3 Å². The second kappa shape index (κ2) is 5.84. The lowest BCUT2D eigenvalue weighted by Gasteiger charge is -2.24. The van der Waals surface area contributed by atoms with Gasteiger partial charge in [0.2, 0.25) is 0 Å². The summed E-state index contributed by atoms with van der Waals surface area (Å²) in [6, 6.07) is 11.0. The second-order valence-electron chi connectivity index (χ2n) is 7.82. The largest absolute Gasteiger partial charge is 0.296 e. The highest BCUT2D eigenvalue weighted by atomic mass is 15.0. The molecule has 0 aliphatic carbocycles. The summed E-state index contributed by atoms with van der Waals surface area (Å²) < 4.78 is 2.04. The molecule has 0 N–H and O–H groups in total. The Morgan fingerprint density at radius 1 is 0.923 bits per heavy atom. The molecule has 2 aromatic carbocycles. The molecule has 0 radical (unpaired) electrons. The molecule has 0 aliphatic rings. The third-order valence-electron chi connectivity index (χ3n) is 4.99. The lowest BCUT2D eigenvalue weighted by molar-refractivity contribution is -0.662. The third kappa shape index (κ3) is 2.53. The van der Waals surface area contributed by atoms with E-state index in [-0.39, 0.29) is 5.41 Å². The Hall–Kier alpha value is -2.88. The van der Waals surface area contributed by atoms with Crippen LogP contribution in [0, 0.1) is 6.92 Å². The summed E-state index contributed by atoms with van der Waals surface area (Å²) in [7, 11) is 2.02. The number of benzene rings is 2. The van der Waals surface area contributed by atoms with Crippen molar-refractivity contribution in [1.29, 1.82) is 0 Å². The van der Waals surface area contributed by atoms with Crippen molar-refractivity contribution in [2.75, 3.05) is 0 Å². The van der Waals surface area contributed by atoms with Gasteiger partial charge in [-0.2, -0.15) is 0 Å².